The largest absolute Gasteiger partial charge is 0.480 e. The lowest BCUT2D eigenvalue weighted by Gasteiger charge is -2.39. The van der Waals surface area contributed by atoms with Crippen LogP contribution >= 0.6 is 0 Å². The van der Waals surface area contributed by atoms with Crippen molar-refractivity contribution in [3.63, 3.8) is 0 Å². The summed E-state index contributed by atoms with van der Waals surface area (Å²) in [6.45, 7) is 4.91. The molecule has 2 unspecified atom stereocenters. The van der Waals surface area contributed by atoms with Gasteiger partial charge < -0.3 is 10.0 Å². The second-order valence-electron chi connectivity index (χ2n) is 6.47. The summed E-state index contributed by atoms with van der Waals surface area (Å²) in [7, 11) is 0. The van der Waals surface area contributed by atoms with Crippen LogP contribution in [0.15, 0.2) is 0 Å². The lowest BCUT2D eigenvalue weighted by Crippen LogP contribution is -2.52. The van der Waals surface area contributed by atoms with Gasteiger partial charge in [0, 0.05) is 12.5 Å². The Morgan fingerprint density at radius 1 is 1.00 bits per heavy atom. The highest BCUT2D eigenvalue weighted by molar-refractivity contribution is 5.85. The predicted octanol–water partition coefficient (Wildman–Crippen LogP) is 2.52. The van der Waals surface area contributed by atoms with E-state index >= 15 is 0 Å². The van der Waals surface area contributed by atoms with E-state index in [2.05, 4.69) is 13.8 Å². The molecule has 1 N–H and O–H groups in total. The summed E-state index contributed by atoms with van der Waals surface area (Å²) in [4.78, 5) is 25.5. The number of amides is 1. The van der Waals surface area contributed by atoms with Gasteiger partial charge >= 0.3 is 5.97 Å². The number of piperidine rings is 1. The number of carboxylic acids is 1. The van der Waals surface area contributed by atoms with E-state index in [-0.39, 0.29) is 11.8 Å². The zero-order chi connectivity index (χ0) is 14.0. The van der Waals surface area contributed by atoms with Crippen LogP contribution in [0.5, 0.6) is 0 Å². The fourth-order valence-corrected chi connectivity index (χ4v) is 3.38. The Morgan fingerprint density at radius 2 is 1.63 bits per heavy atom. The van der Waals surface area contributed by atoms with Gasteiger partial charge in [-0.15, -0.1) is 0 Å². The van der Waals surface area contributed by atoms with Crippen LogP contribution in [0.1, 0.15) is 52.4 Å². The highest BCUT2D eigenvalue weighted by atomic mass is 16.4. The number of carbonyl (C=O) groups is 2. The van der Waals surface area contributed by atoms with Crippen LogP contribution in [0.2, 0.25) is 0 Å². The number of aliphatic carboxylic acids is 1. The Hall–Kier alpha value is -1.06. The molecule has 0 radical (unpaired) electrons. The standard InChI is InChI=1S/C15H25NO3/c1-10-3-5-12(6-4-10)14(17)16-8-7-11(2)9-13(16)15(18)19/h10-13H,3-9H2,1-2H3,(H,18,19). The van der Waals surface area contributed by atoms with E-state index in [0.717, 1.165) is 32.1 Å². The molecule has 108 valence electrons. The minimum atomic E-state index is -0.843. The zero-order valence-corrected chi connectivity index (χ0v) is 12.0. The summed E-state index contributed by atoms with van der Waals surface area (Å²) in [5.74, 6) is 0.416. The molecule has 4 nitrogen and oxygen atoms in total. The molecular formula is C15H25NO3. The maximum atomic E-state index is 12.5. The second kappa shape index (κ2) is 5.93. The van der Waals surface area contributed by atoms with Crippen LogP contribution in [-0.2, 0) is 9.59 Å². The third kappa shape index (κ3) is 3.28. The monoisotopic (exact) mass is 267 g/mol. The first kappa shape index (κ1) is 14.4. The van der Waals surface area contributed by atoms with Crippen molar-refractivity contribution in [1.29, 1.82) is 0 Å². The van der Waals surface area contributed by atoms with Gasteiger partial charge in [0.25, 0.3) is 0 Å². The molecule has 0 aromatic carbocycles. The molecule has 1 amide bonds. The first-order chi connectivity index (χ1) is 8.99. The van der Waals surface area contributed by atoms with Crippen LogP contribution in [0.4, 0.5) is 0 Å². The third-order valence-corrected chi connectivity index (χ3v) is 4.80. The van der Waals surface area contributed by atoms with Crippen molar-refractivity contribution in [2.75, 3.05) is 6.54 Å². The van der Waals surface area contributed by atoms with Crippen LogP contribution in [-0.4, -0.2) is 34.5 Å². The number of nitrogens with zero attached hydrogens (tertiary/aromatic N) is 1. The number of hydrogen-bond acceptors (Lipinski definition) is 2. The predicted molar refractivity (Wildman–Crippen MR) is 72.7 cm³/mol. The molecule has 4 heteroatoms. The van der Waals surface area contributed by atoms with Crippen molar-refractivity contribution < 1.29 is 14.7 Å². The lowest BCUT2D eigenvalue weighted by atomic mass is 9.81. The fraction of sp³-hybridized carbons (Fsp3) is 0.867. The third-order valence-electron chi connectivity index (χ3n) is 4.80. The normalized spacial score (nSPS) is 36.0. The van der Waals surface area contributed by atoms with Crippen LogP contribution in [0.25, 0.3) is 0 Å². The Labute approximate surface area is 115 Å². The van der Waals surface area contributed by atoms with Gasteiger partial charge in [-0.3, -0.25) is 4.79 Å². The summed E-state index contributed by atoms with van der Waals surface area (Å²) in [5.41, 5.74) is 0. The molecule has 19 heavy (non-hydrogen) atoms. The average molecular weight is 267 g/mol. The van der Waals surface area contributed by atoms with Crippen molar-refractivity contribution >= 4 is 11.9 Å². The Balaban J connectivity index is 2.02. The van der Waals surface area contributed by atoms with E-state index < -0.39 is 12.0 Å². The van der Waals surface area contributed by atoms with E-state index in [9.17, 15) is 14.7 Å². The molecule has 1 heterocycles. The maximum Gasteiger partial charge on any atom is 0.326 e. The van der Waals surface area contributed by atoms with Crippen LogP contribution in [0.3, 0.4) is 0 Å². The minimum Gasteiger partial charge on any atom is -0.480 e. The molecule has 1 saturated carbocycles. The van der Waals surface area contributed by atoms with Gasteiger partial charge in [0.05, 0.1) is 0 Å². The van der Waals surface area contributed by atoms with Gasteiger partial charge in [-0.1, -0.05) is 13.8 Å². The molecule has 0 aromatic rings. The Bertz CT molecular complexity index is 347. The molecular weight excluding hydrogens is 242 g/mol. The van der Waals surface area contributed by atoms with Gasteiger partial charge in [-0.05, 0) is 50.4 Å². The van der Waals surface area contributed by atoms with Crippen molar-refractivity contribution in [2.24, 2.45) is 17.8 Å². The molecule has 1 saturated heterocycles. The molecule has 0 spiro atoms. The smallest absolute Gasteiger partial charge is 0.326 e. The molecule has 1 aliphatic carbocycles. The van der Waals surface area contributed by atoms with Gasteiger partial charge in [0.15, 0.2) is 0 Å². The summed E-state index contributed by atoms with van der Waals surface area (Å²) in [6.07, 6.45) is 5.58. The van der Waals surface area contributed by atoms with E-state index in [1.165, 1.54) is 0 Å². The molecule has 2 atom stereocenters. The number of carboxylic acid groups (broad SMARTS) is 1. The number of likely N-dealkylation sites (tertiary alicyclic amines) is 1. The van der Waals surface area contributed by atoms with E-state index in [4.69, 9.17) is 0 Å². The maximum absolute atomic E-state index is 12.5. The van der Waals surface area contributed by atoms with E-state index in [1.807, 2.05) is 0 Å². The van der Waals surface area contributed by atoms with Gasteiger partial charge in [-0.2, -0.15) is 0 Å². The molecule has 2 rings (SSSR count). The van der Waals surface area contributed by atoms with Crippen molar-refractivity contribution in [3.05, 3.63) is 0 Å². The first-order valence-electron chi connectivity index (χ1n) is 7.52. The summed E-state index contributed by atoms with van der Waals surface area (Å²) >= 11 is 0. The van der Waals surface area contributed by atoms with Crippen molar-refractivity contribution in [3.8, 4) is 0 Å². The number of hydrogen-bond donors (Lipinski definition) is 1. The van der Waals surface area contributed by atoms with Crippen LogP contribution < -0.4 is 0 Å². The second-order valence-corrected chi connectivity index (χ2v) is 6.47. The van der Waals surface area contributed by atoms with Crippen LogP contribution in [0, 0.1) is 17.8 Å². The van der Waals surface area contributed by atoms with E-state index in [0.29, 0.717) is 24.8 Å². The van der Waals surface area contributed by atoms with Crippen molar-refractivity contribution in [1.82, 2.24) is 4.90 Å². The minimum absolute atomic E-state index is 0.0615. The van der Waals surface area contributed by atoms with E-state index in [1.54, 1.807) is 4.90 Å². The highest BCUT2D eigenvalue weighted by Crippen LogP contribution is 2.32. The SMILES string of the molecule is CC1CCC(C(=O)N2CCC(C)CC2C(=O)O)CC1. The summed E-state index contributed by atoms with van der Waals surface area (Å²) in [5, 5.41) is 9.32. The number of carbonyl (C=O) groups excluding carboxylic acids is 1. The first-order valence-corrected chi connectivity index (χ1v) is 7.52. The summed E-state index contributed by atoms with van der Waals surface area (Å²) < 4.78 is 0. The van der Waals surface area contributed by atoms with Crippen molar-refractivity contribution in [2.45, 2.75) is 58.4 Å². The molecule has 0 aromatic heterocycles. The molecule has 0 bridgehead atoms. The fourth-order valence-electron chi connectivity index (χ4n) is 3.38. The zero-order valence-electron chi connectivity index (χ0n) is 12.0. The quantitative estimate of drug-likeness (QED) is 0.836. The molecule has 1 aliphatic heterocycles. The Kier molecular flexibility index (Phi) is 4.48. The lowest BCUT2D eigenvalue weighted by molar-refractivity contribution is -0.155. The topological polar surface area (TPSA) is 57.6 Å². The van der Waals surface area contributed by atoms with Gasteiger partial charge in [0.1, 0.15) is 6.04 Å². The molecule has 2 fully saturated rings. The highest BCUT2D eigenvalue weighted by Gasteiger charge is 2.38. The number of rotatable bonds is 2. The van der Waals surface area contributed by atoms with Gasteiger partial charge in [-0.25, -0.2) is 4.79 Å². The Morgan fingerprint density at radius 3 is 2.21 bits per heavy atom. The molecule has 2 aliphatic rings. The average Bonchev–Trinajstić information content (AvgIpc) is 2.38. The summed E-state index contributed by atoms with van der Waals surface area (Å²) in [6, 6.07) is -0.601. The van der Waals surface area contributed by atoms with Gasteiger partial charge in [0.2, 0.25) is 5.91 Å².